The Balaban J connectivity index is 2.08. The van der Waals surface area contributed by atoms with Crippen LogP contribution in [0.4, 0.5) is 5.69 Å². The van der Waals surface area contributed by atoms with Gasteiger partial charge in [-0.1, -0.05) is 17.7 Å². The van der Waals surface area contributed by atoms with Gasteiger partial charge in [-0.3, -0.25) is 4.98 Å². The summed E-state index contributed by atoms with van der Waals surface area (Å²) >= 11 is 5.91. The molecule has 0 saturated carbocycles. The zero-order valence-corrected chi connectivity index (χ0v) is 10.2. The molecule has 0 aliphatic heterocycles. The first kappa shape index (κ1) is 11.7. The van der Waals surface area contributed by atoms with Crippen LogP contribution < -0.4 is 10.5 Å². The van der Waals surface area contributed by atoms with Crippen LogP contribution in [-0.2, 0) is 6.61 Å². The Kier molecular flexibility index (Phi) is 3.49. The van der Waals surface area contributed by atoms with E-state index in [-0.39, 0.29) is 0 Å². The number of anilines is 1. The van der Waals surface area contributed by atoms with Gasteiger partial charge in [-0.25, -0.2) is 0 Å². The zero-order chi connectivity index (χ0) is 12.3. The zero-order valence-electron chi connectivity index (χ0n) is 9.48. The van der Waals surface area contributed by atoms with Crippen LogP contribution >= 0.6 is 11.6 Å². The van der Waals surface area contributed by atoms with E-state index in [1.54, 1.807) is 24.4 Å². The third-order valence-electron chi connectivity index (χ3n) is 2.47. The van der Waals surface area contributed by atoms with Gasteiger partial charge in [0.1, 0.15) is 12.4 Å². The van der Waals surface area contributed by atoms with Gasteiger partial charge in [0.25, 0.3) is 0 Å². The van der Waals surface area contributed by atoms with Crippen LogP contribution in [0.2, 0.25) is 5.02 Å². The molecule has 1 heterocycles. The Morgan fingerprint density at radius 3 is 2.88 bits per heavy atom. The smallest absolute Gasteiger partial charge is 0.130 e. The summed E-state index contributed by atoms with van der Waals surface area (Å²) in [5, 5.41) is 0.500. The largest absolute Gasteiger partial charge is 0.487 e. The van der Waals surface area contributed by atoms with Crippen molar-refractivity contribution in [2.24, 2.45) is 0 Å². The molecular weight excluding hydrogens is 236 g/mol. The number of nitrogens with zero attached hydrogens (tertiary/aromatic N) is 1. The lowest BCUT2D eigenvalue weighted by Gasteiger charge is -2.08. The van der Waals surface area contributed by atoms with Crippen molar-refractivity contribution >= 4 is 17.3 Å². The molecule has 4 heteroatoms. The third kappa shape index (κ3) is 2.88. The number of nitrogens with two attached hydrogens (primary N) is 1. The molecule has 0 radical (unpaired) electrons. The van der Waals surface area contributed by atoms with Crippen molar-refractivity contribution in [3.05, 3.63) is 52.8 Å². The second kappa shape index (κ2) is 5.06. The quantitative estimate of drug-likeness (QED) is 0.849. The van der Waals surface area contributed by atoms with Crippen molar-refractivity contribution in [3.63, 3.8) is 0 Å². The van der Waals surface area contributed by atoms with Crippen LogP contribution in [0, 0.1) is 6.92 Å². The topological polar surface area (TPSA) is 48.1 Å². The second-order valence-electron chi connectivity index (χ2n) is 3.74. The van der Waals surface area contributed by atoms with E-state index in [1.807, 2.05) is 19.1 Å². The predicted molar refractivity (Wildman–Crippen MR) is 69.2 cm³/mol. The van der Waals surface area contributed by atoms with Gasteiger partial charge < -0.3 is 10.5 Å². The highest BCUT2D eigenvalue weighted by atomic mass is 35.5. The third-order valence-corrected chi connectivity index (χ3v) is 2.79. The van der Waals surface area contributed by atoms with Crippen LogP contribution in [-0.4, -0.2) is 4.98 Å². The molecular formula is C13H13ClN2O. The molecule has 88 valence electrons. The van der Waals surface area contributed by atoms with E-state index < -0.39 is 0 Å². The molecule has 1 aromatic carbocycles. The highest BCUT2D eigenvalue weighted by Gasteiger charge is 2.02. The monoisotopic (exact) mass is 248 g/mol. The molecule has 0 saturated heterocycles. The molecule has 2 rings (SSSR count). The number of benzene rings is 1. The number of hydrogen-bond acceptors (Lipinski definition) is 3. The Morgan fingerprint density at radius 2 is 2.18 bits per heavy atom. The fraction of sp³-hybridized carbons (Fsp3) is 0.154. The molecule has 0 aliphatic carbocycles. The average molecular weight is 249 g/mol. The predicted octanol–water partition coefficient (Wildman–Crippen LogP) is 3.20. The van der Waals surface area contributed by atoms with Crippen molar-refractivity contribution in [2.75, 3.05) is 5.73 Å². The molecule has 0 unspecified atom stereocenters. The molecule has 0 bridgehead atoms. The van der Waals surface area contributed by atoms with Crippen molar-refractivity contribution < 1.29 is 4.74 Å². The van der Waals surface area contributed by atoms with Gasteiger partial charge >= 0.3 is 0 Å². The van der Waals surface area contributed by atoms with Crippen LogP contribution in [0.15, 0.2) is 36.5 Å². The van der Waals surface area contributed by atoms with Gasteiger partial charge in [-0.15, -0.1) is 0 Å². The van der Waals surface area contributed by atoms with E-state index in [0.717, 1.165) is 11.3 Å². The minimum atomic E-state index is 0.424. The molecule has 2 N–H and O–H groups in total. The van der Waals surface area contributed by atoms with Gasteiger partial charge in [-0.05, 0) is 30.7 Å². The summed E-state index contributed by atoms with van der Waals surface area (Å²) in [6, 6.07) is 9.12. The molecule has 2 aromatic rings. The summed E-state index contributed by atoms with van der Waals surface area (Å²) in [5.74, 6) is 0.689. The van der Waals surface area contributed by atoms with Crippen LogP contribution in [0.1, 0.15) is 11.3 Å². The molecule has 0 aliphatic rings. The average Bonchev–Trinajstić information content (AvgIpc) is 2.32. The summed E-state index contributed by atoms with van der Waals surface area (Å²) < 4.78 is 5.61. The van der Waals surface area contributed by atoms with Gasteiger partial charge in [-0.2, -0.15) is 0 Å². The molecule has 17 heavy (non-hydrogen) atoms. The SMILES string of the molecule is Cc1cccnc1COc1ccc(N)c(Cl)c1. The maximum absolute atomic E-state index is 5.91. The highest BCUT2D eigenvalue weighted by Crippen LogP contribution is 2.24. The fourth-order valence-corrected chi connectivity index (χ4v) is 1.59. The van der Waals surface area contributed by atoms with E-state index in [4.69, 9.17) is 22.1 Å². The maximum Gasteiger partial charge on any atom is 0.130 e. The van der Waals surface area contributed by atoms with Crippen LogP contribution in [0.25, 0.3) is 0 Å². The molecule has 0 fully saturated rings. The number of hydrogen-bond donors (Lipinski definition) is 1. The van der Waals surface area contributed by atoms with E-state index in [9.17, 15) is 0 Å². The standard InChI is InChI=1S/C13H13ClN2O/c1-9-3-2-6-16-13(9)8-17-10-4-5-12(15)11(14)7-10/h2-7H,8,15H2,1H3. The van der Waals surface area contributed by atoms with E-state index in [1.165, 1.54) is 0 Å². The normalized spacial score (nSPS) is 10.2. The Morgan fingerprint density at radius 1 is 1.35 bits per heavy atom. The molecule has 0 atom stereocenters. The minimum absolute atomic E-state index is 0.424. The number of nitrogen functional groups attached to an aromatic ring is 1. The van der Waals surface area contributed by atoms with Crippen LogP contribution in [0.3, 0.4) is 0 Å². The van der Waals surface area contributed by atoms with Gasteiger partial charge in [0.2, 0.25) is 0 Å². The van der Waals surface area contributed by atoms with Gasteiger partial charge in [0, 0.05) is 12.3 Å². The number of pyridine rings is 1. The second-order valence-corrected chi connectivity index (χ2v) is 4.15. The Labute approximate surface area is 105 Å². The molecule has 3 nitrogen and oxygen atoms in total. The summed E-state index contributed by atoms with van der Waals surface area (Å²) in [5.41, 5.74) is 8.19. The Bertz CT molecular complexity index is 529. The van der Waals surface area contributed by atoms with Crippen LogP contribution in [0.5, 0.6) is 5.75 Å². The summed E-state index contributed by atoms with van der Waals surface area (Å²) in [7, 11) is 0. The summed E-state index contributed by atoms with van der Waals surface area (Å²) in [6.07, 6.45) is 1.75. The first-order chi connectivity index (χ1) is 8.16. The van der Waals surface area contributed by atoms with Crippen molar-refractivity contribution in [1.29, 1.82) is 0 Å². The number of ether oxygens (including phenoxy) is 1. The minimum Gasteiger partial charge on any atom is -0.487 e. The summed E-state index contributed by atoms with van der Waals surface area (Å²) in [4.78, 5) is 4.25. The van der Waals surface area contributed by atoms with Gasteiger partial charge in [0.05, 0.1) is 16.4 Å². The first-order valence-electron chi connectivity index (χ1n) is 5.25. The lowest BCUT2D eigenvalue weighted by molar-refractivity contribution is 0.300. The lowest BCUT2D eigenvalue weighted by Crippen LogP contribution is -2.00. The number of rotatable bonds is 3. The number of aryl methyl sites for hydroxylation is 1. The number of aromatic nitrogens is 1. The van der Waals surface area contributed by atoms with E-state index in [0.29, 0.717) is 23.1 Å². The fourth-order valence-electron chi connectivity index (χ4n) is 1.42. The van der Waals surface area contributed by atoms with Crippen molar-refractivity contribution in [1.82, 2.24) is 4.98 Å². The van der Waals surface area contributed by atoms with E-state index >= 15 is 0 Å². The maximum atomic E-state index is 5.91. The first-order valence-corrected chi connectivity index (χ1v) is 5.63. The highest BCUT2D eigenvalue weighted by molar-refractivity contribution is 6.33. The van der Waals surface area contributed by atoms with Crippen molar-refractivity contribution in [3.8, 4) is 5.75 Å². The van der Waals surface area contributed by atoms with E-state index in [2.05, 4.69) is 4.98 Å². The van der Waals surface area contributed by atoms with Crippen molar-refractivity contribution in [2.45, 2.75) is 13.5 Å². The molecule has 1 aromatic heterocycles. The molecule has 0 spiro atoms. The number of halogens is 1. The molecule has 0 amide bonds. The summed E-state index contributed by atoms with van der Waals surface area (Å²) in [6.45, 7) is 2.43. The Hall–Kier alpha value is -1.74. The lowest BCUT2D eigenvalue weighted by atomic mass is 10.2. The van der Waals surface area contributed by atoms with Gasteiger partial charge in [0.15, 0.2) is 0 Å².